The van der Waals surface area contributed by atoms with Crippen LogP contribution < -0.4 is 21.7 Å². The Morgan fingerprint density at radius 1 is 1.15 bits per heavy atom. The Morgan fingerprint density at radius 2 is 1.94 bits per heavy atom. The van der Waals surface area contributed by atoms with Crippen molar-refractivity contribution in [1.82, 2.24) is 5.32 Å². The van der Waals surface area contributed by atoms with Crippen LogP contribution in [0.5, 0.6) is 0 Å². The molecule has 0 saturated carbocycles. The van der Waals surface area contributed by atoms with Crippen LogP contribution in [0.3, 0.4) is 0 Å². The Morgan fingerprint density at radius 3 is 2.64 bits per heavy atom. The summed E-state index contributed by atoms with van der Waals surface area (Å²) in [4.78, 5) is 12.2. The average Bonchev–Trinajstić information content (AvgIpc) is 3.28. The monoisotopic (exact) mass is 462 g/mol. The number of rotatable bonds is 6. The fourth-order valence-electron chi connectivity index (χ4n) is 4.53. The van der Waals surface area contributed by atoms with Crippen LogP contribution >= 0.6 is 0 Å². The predicted molar refractivity (Wildman–Crippen MR) is 122 cm³/mol. The first kappa shape index (κ1) is 23.2. The molecule has 0 radical (unpaired) electrons. The van der Waals surface area contributed by atoms with Gasteiger partial charge in [-0.15, -0.1) is 0 Å². The molecule has 0 aromatic heterocycles. The van der Waals surface area contributed by atoms with Crippen LogP contribution in [0.1, 0.15) is 54.8 Å². The van der Waals surface area contributed by atoms with Crippen molar-refractivity contribution in [2.24, 2.45) is 0 Å². The van der Waals surface area contributed by atoms with E-state index in [9.17, 15) is 18.0 Å². The van der Waals surface area contributed by atoms with Gasteiger partial charge >= 0.3 is 12.3 Å². The van der Waals surface area contributed by atoms with Gasteiger partial charge in [0.15, 0.2) is 0 Å². The SMILES string of the molecule is Nc1cc2c(cc1NC(=O)OCCC1CCCN1)CCCC2Nc1ccc(C(F)(F)F)cc1. The number of ether oxygens (including phenoxy) is 1. The van der Waals surface area contributed by atoms with E-state index in [4.69, 9.17) is 10.5 Å². The lowest BCUT2D eigenvalue weighted by molar-refractivity contribution is -0.137. The van der Waals surface area contributed by atoms with Crippen LogP contribution in [-0.2, 0) is 17.3 Å². The zero-order valence-corrected chi connectivity index (χ0v) is 18.3. The number of nitrogens with two attached hydrogens (primary N) is 1. The standard InChI is InChI=1S/C24H29F3N4O2/c25-24(26,27)16-6-8-18(9-7-16)30-21-5-1-3-15-13-22(20(28)14-19(15)21)31-23(32)33-12-10-17-4-2-11-29-17/h6-9,13-14,17,21,29-30H,1-5,10-12,28H2,(H,31,32). The highest BCUT2D eigenvalue weighted by molar-refractivity contribution is 5.89. The first-order valence-electron chi connectivity index (χ1n) is 11.3. The number of benzene rings is 2. The van der Waals surface area contributed by atoms with Crippen LogP contribution in [0.25, 0.3) is 0 Å². The highest BCUT2D eigenvalue weighted by Gasteiger charge is 2.30. The molecular formula is C24H29F3N4O2. The number of aryl methyl sites for hydroxylation is 1. The number of fused-ring (bicyclic) bond motifs is 1. The highest BCUT2D eigenvalue weighted by atomic mass is 19.4. The smallest absolute Gasteiger partial charge is 0.416 e. The quantitative estimate of drug-likeness (QED) is 0.428. The molecule has 2 atom stereocenters. The van der Waals surface area contributed by atoms with Crippen molar-refractivity contribution in [1.29, 1.82) is 0 Å². The van der Waals surface area contributed by atoms with Crippen molar-refractivity contribution in [3.63, 3.8) is 0 Å². The maximum absolute atomic E-state index is 12.8. The van der Waals surface area contributed by atoms with E-state index in [2.05, 4.69) is 16.0 Å². The van der Waals surface area contributed by atoms with E-state index >= 15 is 0 Å². The molecule has 2 unspecified atom stereocenters. The summed E-state index contributed by atoms with van der Waals surface area (Å²) < 4.78 is 43.7. The Balaban J connectivity index is 1.39. The van der Waals surface area contributed by atoms with E-state index < -0.39 is 17.8 Å². The lowest BCUT2D eigenvalue weighted by Crippen LogP contribution is -2.24. The summed E-state index contributed by atoms with van der Waals surface area (Å²) in [5, 5.41) is 9.42. The van der Waals surface area contributed by atoms with E-state index in [0.717, 1.165) is 68.3 Å². The van der Waals surface area contributed by atoms with Crippen molar-refractivity contribution in [2.45, 2.75) is 56.8 Å². The van der Waals surface area contributed by atoms with Crippen molar-refractivity contribution in [3.05, 3.63) is 53.1 Å². The number of alkyl halides is 3. The summed E-state index contributed by atoms with van der Waals surface area (Å²) in [5.41, 5.74) is 9.11. The molecule has 1 heterocycles. The highest BCUT2D eigenvalue weighted by Crippen LogP contribution is 2.37. The molecule has 5 N–H and O–H groups in total. The Kier molecular flexibility index (Phi) is 6.97. The molecule has 4 rings (SSSR count). The molecule has 1 saturated heterocycles. The number of halogens is 3. The minimum absolute atomic E-state index is 0.0762. The fraction of sp³-hybridized carbons (Fsp3) is 0.458. The number of hydrogen-bond acceptors (Lipinski definition) is 5. The van der Waals surface area contributed by atoms with Gasteiger partial charge in [0.1, 0.15) is 0 Å². The third-order valence-electron chi connectivity index (χ3n) is 6.28. The van der Waals surface area contributed by atoms with Gasteiger partial charge in [-0.05, 0) is 92.6 Å². The van der Waals surface area contributed by atoms with Crippen LogP contribution in [0.15, 0.2) is 36.4 Å². The van der Waals surface area contributed by atoms with Crippen LogP contribution in [0.2, 0.25) is 0 Å². The van der Waals surface area contributed by atoms with Crippen molar-refractivity contribution >= 4 is 23.2 Å². The molecule has 1 aliphatic carbocycles. The second-order valence-electron chi connectivity index (χ2n) is 8.65. The van der Waals surface area contributed by atoms with E-state index in [1.165, 1.54) is 12.1 Å². The van der Waals surface area contributed by atoms with Gasteiger partial charge in [0.25, 0.3) is 0 Å². The topological polar surface area (TPSA) is 88.4 Å². The molecule has 9 heteroatoms. The molecule has 2 aromatic carbocycles. The zero-order chi connectivity index (χ0) is 23.4. The first-order valence-corrected chi connectivity index (χ1v) is 11.3. The largest absolute Gasteiger partial charge is 0.449 e. The van der Waals surface area contributed by atoms with E-state index in [0.29, 0.717) is 29.7 Å². The van der Waals surface area contributed by atoms with E-state index in [-0.39, 0.29) is 6.04 Å². The maximum atomic E-state index is 12.8. The zero-order valence-electron chi connectivity index (χ0n) is 18.3. The van der Waals surface area contributed by atoms with Crippen molar-refractivity contribution in [3.8, 4) is 0 Å². The molecule has 1 fully saturated rings. The summed E-state index contributed by atoms with van der Waals surface area (Å²) in [6.45, 7) is 1.35. The molecule has 2 aromatic rings. The van der Waals surface area contributed by atoms with Gasteiger partial charge in [0.2, 0.25) is 0 Å². The molecule has 0 bridgehead atoms. The Labute approximate surface area is 191 Å². The Hall–Kier alpha value is -2.94. The van der Waals surface area contributed by atoms with Crippen molar-refractivity contribution < 1.29 is 22.7 Å². The number of carbonyl (C=O) groups excluding carboxylic acids is 1. The molecule has 1 amide bonds. The van der Waals surface area contributed by atoms with Gasteiger partial charge in [-0.2, -0.15) is 13.2 Å². The maximum Gasteiger partial charge on any atom is 0.416 e. The summed E-state index contributed by atoms with van der Waals surface area (Å²) >= 11 is 0. The summed E-state index contributed by atoms with van der Waals surface area (Å²) in [6.07, 6.45) is 0.715. The predicted octanol–water partition coefficient (Wildman–Crippen LogP) is 5.47. The first-order chi connectivity index (χ1) is 15.8. The fourth-order valence-corrected chi connectivity index (χ4v) is 4.53. The molecule has 178 valence electrons. The molecule has 6 nitrogen and oxygen atoms in total. The van der Waals surface area contributed by atoms with E-state index in [1.807, 2.05) is 12.1 Å². The minimum Gasteiger partial charge on any atom is -0.449 e. The van der Waals surface area contributed by atoms with Gasteiger partial charge in [0.05, 0.1) is 29.6 Å². The van der Waals surface area contributed by atoms with Gasteiger partial charge in [0, 0.05) is 11.7 Å². The summed E-state index contributed by atoms with van der Waals surface area (Å²) in [5.74, 6) is 0. The molecular weight excluding hydrogens is 433 g/mol. The van der Waals surface area contributed by atoms with Crippen LogP contribution in [0, 0.1) is 0 Å². The third-order valence-corrected chi connectivity index (χ3v) is 6.28. The second-order valence-corrected chi connectivity index (χ2v) is 8.65. The molecule has 0 spiro atoms. The lowest BCUT2D eigenvalue weighted by Gasteiger charge is -2.28. The average molecular weight is 463 g/mol. The number of nitrogens with one attached hydrogen (secondary N) is 3. The molecule has 33 heavy (non-hydrogen) atoms. The number of nitrogen functional groups attached to an aromatic ring is 1. The number of hydrogen-bond donors (Lipinski definition) is 4. The van der Waals surface area contributed by atoms with Gasteiger partial charge < -0.3 is 21.1 Å². The van der Waals surface area contributed by atoms with Gasteiger partial charge in [-0.25, -0.2) is 4.79 Å². The third kappa shape index (κ3) is 5.90. The van der Waals surface area contributed by atoms with Crippen LogP contribution in [-0.4, -0.2) is 25.3 Å². The van der Waals surface area contributed by atoms with Gasteiger partial charge in [-0.3, -0.25) is 5.32 Å². The minimum atomic E-state index is -4.36. The Bertz CT molecular complexity index is 973. The van der Waals surface area contributed by atoms with Crippen molar-refractivity contribution in [2.75, 3.05) is 29.5 Å². The lowest BCUT2D eigenvalue weighted by atomic mass is 9.86. The van der Waals surface area contributed by atoms with Crippen LogP contribution in [0.4, 0.5) is 35.0 Å². The molecule has 1 aliphatic heterocycles. The summed E-state index contributed by atoms with van der Waals surface area (Å²) in [6, 6.07) is 9.04. The normalized spacial score (nSPS) is 20.2. The molecule has 2 aliphatic rings. The number of amides is 1. The van der Waals surface area contributed by atoms with E-state index in [1.54, 1.807) is 0 Å². The van der Waals surface area contributed by atoms with Gasteiger partial charge in [-0.1, -0.05) is 0 Å². The number of carbonyl (C=O) groups is 1. The number of anilines is 3. The second kappa shape index (κ2) is 9.91. The summed E-state index contributed by atoms with van der Waals surface area (Å²) in [7, 11) is 0.